The lowest BCUT2D eigenvalue weighted by atomic mass is 10.1. The van der Waals surface area contributed by atoms with Crippen LogP contribution in [0, 0.1) is 22.7 Å². The molecule has 0 aliphatic heterocycles. The molecule has 0 fully saturated rings. The number of carboxylic acid groups (broad SMARTS) is 1. The summed E-state index contributed by atoms with van der Waals surface area (Å²) in [6, 6.07) is 9.78. The van der Waals surface area contributed by atoms with Crippen molar-refractivity contribution in [1.82, 2.24) is 0 Å². The number of nitriles is 2. The Morgan fingerprint density at radius 1 is 1.29 bits per heavy atom. The predicted molar refractivity (Wildman–Crippen MR) is 56.1 cm³/mol. The first kappa shape index (κ1) is 12.3. The smallest absolute Gasteiger partial charge is 0.130 e. The van der Waals surface area contributed by atoms with E-state index in [9.17, 15) is 9.90 Å². The highest BCUT2D eigenvalue weighted by Gasteiger charge is 1.96. The average molecular weight is 227 g/mol. The van der Waals surface area contributed by atoms with Crippen molar-refractivity contribution in [3.63, 3.8) is 0 Å². The Labute approximate surface area is 97.8 Å². The number of hydrogen-bond acceptors (Lipinski definition) is 5. The lowest BCUT2D eigenvalue weighted by Gasteiger charge is -2.06. The van der Waals surface area contributed by atoms with Crippen molar-refractivity contribution in [2.24, 2.45) is 0 Å². The molecular weight excluding hydrogens is 220 g/mol. The zero-order valence-corrected chi connectivity index (χ0v) is 8.71. The number of allylic oxidation sites excluding steroid dienone is 1. The Morgan fingerprint density at radius 3 is 2.35 bits per heavy atom. The first-order valence-corrected chi connectivity index (χ1v) is 4.60. The van der Waals surface area contributed by atoms with Gasteiger partial charge in [-0.1, -0.05) is 12.1 Å². The van der Waals surface area contributed by atoms with Crippen LogP contribution in [-0.4, -0.2) is 12.6 Å². The van der Waals surface area contributed by atoms with Crippen LogP contribution in [0.25, 0.3) is 6.08 Å². The number of rotatable bonds is 4. The number of ether oxygens (including phenoxy) is 1. The molecule has 0 atom stereocenters. The number of carbonyl (C=O) groups excluding carboxylic acids is 1. The maximum Gasteiger partial charge on any atom is 0.130 e. The van der Waals surface area contributed by atoms with E-state index < -0.39 is 12.6 Å². The van der Waals surface area contributed by atoms with Gasteiger partial charge in [-0.15, -0.1) is 0 Å². The molecular formula is C12H7N2O3-. The largest absolute Gasteiger partial charge is 0.546 e. The quantitative estimate of drug-likeness (QED) is 0.686. The lowest BCUT2D eigenvalue weighted by Crippen LogP contribution is -2.28. The third-order valence-corrected chi connectivity index (χ3v) is 1.79. The molecule has 0 N–H and O–H groups in total. The molecule has 0 spiro atoms. The molecule has 0 saturated heterocycles. The summed E-state index contributed by atoms with van der Waals surface area (Å²) in [6.07, 6.45) is 1.42. The van der Waals surface area contributed by atoms with Gasteiger partial charge in [-0.05, 0) is 23.8 Å². The fourth-order valence-electron chi connectivity index (χ4n) is 1.06. The third-order valence-electron chi connectivity index (χ3n) is 1.79. The van der Waals surface area contributed by atoms with Crippen LogP contribution in [0.15, 0.2) is 29.8 Å². The fraction of sp³-hybridized carbons (Fsp3) is 0.0833. The topological polar surface area (TPSA) is 96.9 Å². The summed E-state index contributed by atoms with van der Waals surface area (Å²) in [5.74, 6) is -0.924. The van der Waals surface area contributed by atoms with E-state index in [2.05, 4.69) is 0 Å². The monoisotopic (exact) mass is 227 g/mol. The molecule has 0 unspecified atom stereocenters. The molecule has 0 bridgehead atoms. The Bertz CT molecular complexity index is 502. The van der Waals surface area contributed by atoms with Crippen LogP contribution >= 0.6 is 0 Å². The van der Waals surface area contributed by atoms with Crippen molar-refractivity contribution in [3.8, 4) is 17.9 Å². The highest BCUT2D eigenvalue weighted by atomic mass is 16.5. The van der Waals surface area contributed by atoms with Crippen LogP contribution in [0.4, 0.5) is 0 Å². The second-order valence-corrected chi connectivity index (χ2v) is 3.01. The summed E-state index contributed by atoms with van der Waals surface area (Å²) in [7, 11) is 0. The van der Waals surface area contributed by atoms with E-state index in [-0.39, 0.29) is 5.57 Å². The van der Waals surface area contributed by atoms with Crippen LogP contribution < -0.4 is 9.84 Å². The maximum atomic E-state index is 10.1. The Morgan fingerprint density at radius 2 is 1.88 bits per heavy atom. The van der Waals surface area contributed by atoms with E-state index in [0.717, 1.165) is 0 Å². The van der Waals surface area contributed by atoms with Crippen LogP contribution in [0.2, 0.25) is 0 Å². The van der Waals surface area contributed by atoms with E-state index in [1.165, 1.54) is 6.08 Å². The second kappa shape index (κ2) is 5.94. The highest BCUT2D eigenvalue weighted by molar-refractivity contribution is 5.66. The van der Waals surface area contributed by atoms with Crippen LogP contribution in [0.5, 0.6) is 5.75 Å². The van der Waals surface area contributed by atoms with Crippen molar-refractivity contribution in [1.29, 1.82) is 10.5 Å². The second-order valence-electron chi connectivity index (χ2n) is 3.01. The minimum Gasteiger partial charge on any atom is -0.546 e. The molecule has 0 amide bonds. The lowest BCUT2D eigenvalue weighted by molar-refractivity contribution is -0.307. The number of aliphatic carboxylic acids is 1. The van der Waals surface area contributed by atoms with E-state index in [0.29, 0.717) is 11.3 Å². The first-order chi connectivity index (χ1) is 8.15. The molecule has 5 heteroatoms. The SMILES string of the molecule is N#CC(C#N)=Cc1ccc(OCC(=O)[O-])cc1. The normalized spacial score (nSPS) is 8.59. The number of benzene rings is 1. The molecule has 1 rings (SSSR count). The van der Waals surface area contributed by atoms with Gasteiger partial charge in [0.2, 0.25) is 0 Å². The average Bonchev–Trinajstić information content (AvgIpc) is 2.34. The molecule has 0 saturated carbocycles. The molecule has 1 aromatic carbocycles. The fourth-order valence-corrected chi connectivity index (χ4v) is 1.06. The van der Waals surface area contributed by atoms with Gasteiger partial charge in [0, 0.05) is 0 Å². The number of carbonyl (C=O) groups is 1. The van der Waals surface area contributed by atoms with Gasteiger partial charge >= 0.3 is 0 Å². The van der Waals surface area contributed by atoms with Crippen LogP contribution in [0.1, 0.15) is 5.56 Å². The Hall–Kier alpha value is -2.79. The summed E-state index contributed by atoms with van der Waals surface area (Å²) in [4.78, 5) is 10.1. The zero-order chi connectivity index (χ0) is 12.7. The molecule has 17 heavy (non-hydrogen) atoms. The van der Waals surface area contributed by atoms with Gasteiger partial charge in [0.1, 0.15) is 30.1 Å². The number of nitrogens with zero attached hydrogens (tertiary/aromatic N) is 2. The van der Waals surface area contributed by atoms with Crippen molar-refractivity contribution in [2.75, 3.05) is 6.61 Å². The van der Waals surface area contributed by atoms with Gasteiger partial charge in [0.05, 0.1) is 5.97 Å². The third kappa shape index (κ3) is 4.06. The minimum absolute atomic E-state index is 0.00611. The standard InChI is InChI=1S/C12H8N2O3/c13-6-10(7-14)5-9-1-3-11(4-2-9)17-8-12(15)16/h1-5H,8H2,(H,15,16)/p-1. The van der Waals surface area contributed by atoms with Gasteiger partial charge in [0.25, 0.3) is 0 Å². The summed E-state index contributed by atoms with van der Waals surface area (Å²) in [5, 5.41) is 27.2. The molecule has 0 heterocycles. The zero-order valence-electron chi connectivity index (χ0n) is 8.71. The number of hydrogen-bond donors (Lipinski definition) is 0. The Balaban J connectivity index is 2.76. The van der Waals surface area contributed by atoms with Gasteiger partial charge in [-0.3, -0.25) is 0 Å². The predicted octanol–water partition coefficient (Wildman–Crippen LogP) is 0.246. The maximum absolute atomic E-state index is 10.1. The van der Waals surface area contributed by atoms with Crippen molar-refractivity contribution in [2.45, 2.75) is 0 Å². The van der Waals surface area contributed by atoms with Gasteiger partial charge in [0.15, 0.2) is 0 Å². The summed E-state index contributed by atoms with van der Waals surface area (Å²) < 4.78 is 4.87. The highest BCUT2D eigenvalue weighted by Crippen LogP contribution is 2.14. The minimum atomic E-state index is -1.30. The Kier molecular flexibility index (Phi) is 4.29. The van der Waals surface area contributed by atoms with Crippen molar-refractivity contribution >= 4 is 12.0 Å². The van der Waals surface area contributed by atoms with E-state index >= 15 is 0 Å². The van der Waals surface area contributed by atoms with Crippen LogP contribution in [-0.2, 0) is 4.79 Å². The molecule has 84 valence electrons. The van der Waals surface area contributed by atoms with Crippen LogP contribution in [0.3, 0.4) is 0 Å². The van der Waals surface area contributed by atoms with E-state index in [1.54, 1.807) is 36.4 Å². The van der Waals surface area contributed by atoms with E-state index in [1.807, 2.05) is 0 Å². The van der Waals surface area contributed by atoms with Gasteiger partial charge < -0.3 is 14.6 Å². The van der Waals surface area contributed by atoms with Gasteiger partial charge in [-0.25, -0.2) is 0 Å². The summed E-state index contributed by atoms with van der Waals surface area (Å²) >= 11 is 0. The molecule has 5 nitrogen and oxygen atoms in total. The summed E-state index contributed by atoms with van der Waals surface area (Å²) in [6.45, 7) is -0.517. The summed E-state index contributed by atoms with van der Waals surface area (Å²) in [5.41, 5.74) is 0.650. The van der Waals surface area contributed by atoms with E-state index in [4.69, 9.17) is 15.3 Å². The van der Waals surface area contributed by atoms with Crippen molar-refractivity contribution in [3.05, 3.63) is 35.4 Å². The number of carboxylic acids is 1. The molecule has 0 aliphatic rings. The first-order valence-electron chi connectivity index (χ1n) is 4.60. The van der Waals surface area contributed by atoms with Crippen molar-refractivity contribution < 1.29 is 14.6 Å². The molecule has 1 aromatic rings. The molecule has 0 aromatic heterocycles. The van der Waals surface area contributed by atoms with Gasteiger partial charge in [-0.2, -0.15) is 10.5 Å². The molecule has 0 aliphatic carbocycles. The molecule has 0 radical (unpaired) electrons.